The van der Waals surface area contributed by atoms with Crippen molar-refractivity contribution >= 4 is 11.9 Å². The summed E-state index contributed by atoms with van der Waals surface area (Å²) < 4.78 is 0. The van der Waals surface area contributed by atoms with Gasteiger partial charge >= 0.3 is 29.0 Å². The Morgan fingerprint density at radius 1 is 0.920 bits per heavy atom. The van der Waals surface area contributed by atoms with Crippen LogP contribution >= 0.6 is 0 Å². The number of rotatable bonds is 6. The summed E-state index contributed by atoms with van der Waals surface area (Å²) in [7, 11) is 0. The zero-order chi connectivity index (χ0) is 16.5. The number of imidazole rings is 2. The Morgan fingerprint density at radius 2 is 1.24 bits per heavy atom. The zero-order valence-electron chi connectivity index (χ0n) is 12.9. The van der Waals surface area contributed by atoms with Crippen LogP contribution in [0.5, 0.6) is 0 Å². The van der Waals surface area contributed by atoms with Crippen LogP contribution in [0.15, 0.2) is 25.0 Å². The van der Waals surface area contributed by atoms with Gasteiger partial charge in [0.1, 0.15) is 12.1 Å². The van der Waals surface area contributed by atoms with E-state index in [2.05, 4.69) is 19.9 Å². The number of nitrogens with zero attached hydrogens (tertiary/aromatic N) is 2. The Kier molecular flexibility index (Phi) is 15.5. The van der Waals surface area contributed by atoms with Crippen molar-refractivity contribution in [3.63, 3.8) is 0 Å². The van der Waals surface area contributed by atoms with Gasteiger partial charge in [-0.25, -0.2) is 9.97 Å². The maximum Gasteiger partial charge on any atom is 2.00 e. The summed E-state index contributed by atoms with van der Waals surface area (Å²) in [6.45, 7) is 0. The third-order valence-corrected chi connectivity index (χ3v) is 2.62. The van der Waals surface area contributed by atoms with E-state index in [1.807, 2.05) is 0 Å². The second-order valence-electron chi connectivity index (χ2n) is 4.45. The molecule has 0 unspecified atom stereocenters. The summed E-state index contributed by atoms with van der Waals surface area (Å²) in [5, 5.41) is 16.8. The normalized spacial score (nSPS) is 11.3. The molecule has 2 heterocycles. The van der Waals surface area contributed by atoms with Crippen molar-refractivity contribution in [1.29, 1.82) is 0 Å². The summed E-state index contributed by atoms with van der Waals surface area (Å²) in [6, 6.07) is -1.70. The third-order valence-electron chi connectivity index (χ3n) is 2.62. The van der Waals surface area contributed by atoms with E-state index in [0.29, 0.717) is 0 Å². The second kappa shape index (κ2) is 14.1. The van der Waals surface area contributed by atoms with Crippen molar-refractivity contribution in [3.8, 4) is 0 Å². The fourth-order valence-electron chi connectivity index (χ4n) is 1.44. The van der Waals surface area contributed by atoms with E-state index in [1.165, 1.54) is 12.7 Å². The summed E-state index contributed by atoms with van der Waals surface area (Å²) in [5.41, 5.74) is 12.0. The quantitative estimate of drug-likeness (QED) is 0.269. The van der Waals surface area contributed by atoms with Gasteiger partial charge < -0.3 is 42.6 Å². The van der Waals surface area contributed by atoms with E-state index in [0.717, 1.165) is 11.4 Å². The van der Waals surface area contributed by atoms with Gasteiger partial charge in [-0.2, -0.15) is 0 Å². The molecule has 2 aromatic heterocycles. The summed E-state index contributed by atoms with van der Waals surface area (Å²) in [4.78, 5) is 33.5. The van der Waals surface area contributed by atoms with Crippen LogP contribution in [0.25, 0.3) is 0 Å². The minimum absolute atomic E-state index is 0. The number of aromatic nitrogens is 4. The molecule has 12 nitrogen and oxygen atoms in total. The largest absolute Gasteiger partial charge is 2.00 e. The number of carbonyl (C=O) groups is 2. The van der Waals surface area contributed by atoms with Crippen LogP contribution in [0.3, 0.4) is 0 Å². The van der Waals surface area contributed by atoms with Gasteiger partial charge in [0, 0.05) is 36.6 Å². The van der Waals surface area contributed by atoms with Gasteiger partial charge in [-0.1, -0.05) is 0 Å². The molecule has 0 aromatic carbocycles. The van der Waals surface area contributed by atoms with Gasteiger partial charge in [-0.3, -0.25) is 9.59 Å². The van der Waals surface area contributed by atoms with Crippen LogP contribution in [-0.2, 0) is 39.5 Å². The number of hydrogen-bond donors (Lipinski definition) is 6. The van der Waals surface area contributed by atoms with Gasteiger partial charge in [0.2, 0.25) is 0 Å². The van der Waals surface area contributed by atoms with Crippen molar-refractivity contribution in [2.45, 2.75) is 24.9 Å². The van der Waals surface area contributed by atoms with Crippen molar-refractivity contribution in [2.75, 3.05) is 0 Å². The molecule has 1 radical (unpaired) electrons. The molecule has 2 rings (SSSR count). The molecule has 13 heteroatoms. The molecule has 0 aliphatic heterocycles. The molecular formula is C12H22CuN6O6+2. The Balaban J connectivity index is -0.000000346. The van der Waals surface area contributed by atoms with Crippen molar-refractivity contribution < 1.29 is 47.8 Å². The Morgan fingerprint density at radius 3 is 1.44 bits per heavy atom. The van der Waals surface area contributed by atoms with Crippen molar-refractivity contribution in [1.82, 2.24) is 19.9 Å². The predicted octanol–water partition coefficient (Wildman–Crippen LogP) is -2.92. The first-order valence-corrected chi connectivity index (χ1v) is 6.31. The molecule has 0 spiro atoms. The van der Waals surface area contributed by atoms with E-state index < -0.39 is 24.0 Å². The topological polar surface area (TPSA) is 247 Å². The van der Waals surface area contributed by atoms with Crippen LogP contribution in [0, 0.1) is 0 Å². The van der Waals surface area contributed by atoms with E-state index in [1.54, 1.807) is 12.4 Å². The Hall–Kier alpha value is -2.28. The molecule has 25 heavy (non-hydrogen) atoms. The number of aromatic amines is 2. The summed E-state index contributed by atoms with van der Waals surface area (Å²) in [6.07, 6.45) is 6.67. The van der Waals surface area contributed by atoms with Crippen LogP contribution in [-0.4, -0.2) is 65.1 Å². The Bertz CT molecular complexity index is 527. The van der Waals surface area contributed by atoms with Crippen molar-refractivity contribution in [3.05, 3.63) is 36.4 Å². The molecule has 0 saturated carbocycles. The molecule has 0 bridgehead atoms. The molecule has 0 amide bonds. The average Bonchev–Trinajstić information content (AvgIpc) is 3.12. The number of nitrogens with two attached hydrogens (primary N) is 2. The summed E-state index contributed by atoms with van der Waals surface area (Å²) >= 11 is 0. The molecular weight excluding hydrogens is 388 g/mol. The van der Waals surface area contributed by atoms with Crippen LogP contribution in [0.4, 0.5) is 0 Å². The number of nitrogens with one attached hydrogen (secondary N) is 2. The maximum atomic E-state index is 10.3. The second-order valence-corrected chi connectivity index (χ2v) is 4.45. The van der Waals surface area contributed by atoms with Crippen LogP contribution < -0.4 is 11.5 Å². The van der Waals surface area contributed by atoms with Crippen molar-refractivity contribution in [2.24, 2.45) is 11.5 Å². The van der Waals surface area contributed by atoms with E-state index in [-0.39, 0.29) is 40.9 Å². The molecule has 0 fully saturated rings. The van der Waals surface area contributed by atoms with Crippen LogP contribution in [0.1, 0.15) is 11.4 Å². The monoisotopic (exact) mass is 409 g/mol. The van der Waals surface area contributed by atoms with Gasteiger partial charge in [0.05, 0.1) is 12.7 Å². The first-order valence-electron chi connectivity index (χ1n) is 6.31. The number of carboxylic acids is 2. The van der Waals surface area contributed by atoms with Crippen LogP contribution in [0.2, 0.25) is 0 Å². The number of hydrogen-bond acceptors (Lipinski definition) is 6. The molecule has 0 aliphatic rings. The van der Waals surface area contributed by atoms with Gasteiger partial charge in [0.15, 0.2) is 0 Å². The number of H-pyrrole nitrogens is 2. The first-order chi connectivity index (χ1) is 10.4. The minimum Gasteiger partial charge on any atom is -0.480 e. The minimum atomic E-state index is -1.00. The number of aliphatic carboxylic acids is 2. The molecule has 2 atom stereocenters. The predicted molar refractivity (Wildman–Crippen MR) is 83.0 cm³/mol. The van der Waals surface area contributed by atoms with Gasteiger partial charge in [-0.05, 0) is 0 Å². The fraction of sp³-hybridized carbons (Fsp3) is 0.333. The smallest absolute Gasteiger partial charge is 0.480 e. The molecule has 2 aromatic rings. The molecule has 0 aliphatic carbocycles. The molecule has 0 saturated heterocycles. The summed E-state index contributed by atoms with van der Waals surface area (Å²) in [5.74, 6) is -2.00. The zero-order valence-corrected chi connectivity index (χ0v) is 13.9. The van der Waals surface area contributed by atoms with E-state index in [9.17, 15) is 9.59 Å². The standard InChI is InChI=1S/2C6H9N3O2.Cu.2H2O/c2*7-5(6(10)11)1-4-2-8-3-9-4;;;/h2*2-3,5H,1,7H2,(H,8,9)(H,10,11);;2*1H2/q;;+2;;/t2*5-;;;/m00.../s1. The first kappa shape index (κ1) is 27.6. The van der Waals surface area contributed by atoms with Gasteiger partial charge in [-0.15, -0.1) is 0 Å². The SMILES string of the molecule is N[C@@H](Cc1cnc[nH]1)C(=O)O.N[C@@H](Cc1cnc[nH]1)C(=O)O.O.O.[Cu+2]. The average molecular weight is 410 g/mol. The number of carboxylic acid groups (broad SMARTS) is 2. The fourth-order valence-corrected chi connectivity index (χ4v) is 1.44. The van der Waals surface area contributed by atoms with E-state index >= 15 is 0 Å². The van der Waals surface area contributed by atoms with Gasteiger partial charge in [0.25, 0.3) is 0 Å². The third kappa shape index (κ3) is 11.0. The molecule has 12 N–H and O–H groups in total. The van der Waals surface area contributed by atoms with E-state index in [4.69, 9.17) is 21.7 Å². The maximum absolute atomic E-state index is 10.3. The molecule has 145 valence electrons. The Labute approximate surface area is 153 Å².